The Hall–Kier alpha value is -2.54. The van der Waals surface area contributed by atoms with Crippen LogP contribution in [0.5, 0.6) is 0 Å². The van der Waals surface area contributed by atoms with E-state index in [1.165, 1.54) is 6.07 Å². The quantitative estimate of drug-likeness (QED) is 0.773. The van der Waals surface area contributed by atoms with Gasteiger partial charge in [0, 0.05) is 10.7 Å². The van der Waals surface area contributed by atoms with E-state index in [4.69, 9.17) is 11.6 Å². The maximum Gasteiger partial charge on any atom is 0.418 e. The van der Waals surface area contributed by atoms with Crippen molar-refractivity contribution < 1.29 is 22.8 Å². The topological polar surface area (TPSA) is 58.2 Å². The third-order valence-electron chi connectivity index (χ3n) is 4.29. The summed E-state index contributed by atoms with van der Waals surface area (Å²) < 4.78 is 39.3. The van der Waals surface area contributed by atoms with Crippen LogP contribution in [0.3, 0.4) is 0 Å². The normalized spacial score (nSPS) is 18.7. The number of amides is 2. The van der Waals surface area contributed by atoms with Crippen molar-refractivity contribution in [3.8, 4) is 0 Å². The van der Waals surface area contributed by atoms with E-state index in [1.54, 1.807) is 18.2 Å². The summed E-state index contributed by atoms with van der Waals surface area (Å²) in [6, 6.07) is 10.3. The molecule has 0 aliphatic heterocycles. The van der Waals surface area contributed by atoms with Gasteiger partial charge < -0.3 is 10.6 Å². The Bertz CT molecular complexity index is 899. The summed E-state index contributed by atoms with van der Waals surface area (Å²) in [5, 5.41) is 4.91. The number of aryl methyl sites for hydroxylation is 1. The first-order valence-corrected chi connectivity index (χ1v) is 8.58. The van der Waals surface area contributed by atoms with E-state index in [0.717, 1.165) is 17.7 Å². The number of hydrogen-bond acceptors (Lipinski definition) is 2. The number of rotatable bonds is 4. The van der Waals surface area contributed by atoms with Crippen molar-refractivity contribution in [2.75, 3.05) is 10.6 Å². The molecule has 8 heteroatoms. The molecule has 2 N–H and O–H groups in total. The molecule has 2 unspecified atom stereocenters. The fraction of sp³-hybridized carbons (Fsp3) is 0.263. The van der Waals surface area contributed by atoms with Gasteiger partial charge in [-0.25, -0.2) is 0 Å². The molecule has 2 atom stereocenters. The number of alkyl halides is 3. The van der Waals surface area contributed by atoms with Gasteiger partial charge in [-0.15, -0.1) is 0 Å². The number of halogens is 4. The zero-order chi connectivity index (χ0) is 19.8. The molecule has 0 spiro atoms. The molecular weight excluding hydrogens is 381 g/mol. The molecule has 2 amide bonds. The number of hydrogen-bond donors (Lipinski definition) is 2. The van der Waals surface area contributed by atoms with Gasteiger partial charge in [0.25, 0.3) is 0 Å². The van der Waals surface area contributed by atoms with Crippen molar-refractivity contribution in [2.24, 2.45) is 11.8 Å². The Labute approximate surface area is 158 Å². The average Bonchev–Trinajstić information content (AvgIpc) is 3.36. The monoisotopic (exact) mass is 396 g/mol. The van der Waals surface area contributed by atoms with Crippen LogP contribution >= 0.6 is 11.6 Å². The lowest BCUT2D eigenvalue weighted by molar-refractivity contribution is -0.137. The van der Waals surface area contributed by atoms with Gasteiger partial charge in [0.1, 0.15) is 0 Å². The molecule has 0 saturated heterocycles. The Balaban J connectivity index is 1.65. The zero-order valence-corrected chi connectivity index (χ0v) is 15.0. The second kappa shape index (κ2) is 7.23. The molecule has 142 valence electrons. The lowest BCUT2D eigenvalue weighted by atomic mass is 10.1. The van der Waals surface area contributed by atoms with Crippen LogP contribution in [0.1, 0.15) is 17.5 Å². The van der Waals surface area contributed by atoms with Crippen LogP contribution in [0.15, 0.2) is 42.5 Å². The van der Waals surface area contributed by atoms with Crippen LogP contribution in [0.25, 0.3) is 0 Å². The van der Waals surface area contributed by atoms with Gasteiger partial charge >= 0.3 is 6.18 Å². The largest absolute Gasteiger partial charge is 0.418 e. The molecule has 0 radical (unpaired) electrons. The first kappa shape index (κ1) is 19.2. The minimum absolute atomic E-state index is 0.0813. The Morgan fingerprint density at radius 3 is 2.33 bits per heavy atom. The van der Waals surface area contributed by atoms with E-state index in [-0.39, 0.29) is 16.6 Å². The van der Waals surface area contributed by atoms with E-state index < -0.39 is 29.5 Å². The van der Waals surface area contributed by atoms with Gasteiger partial charge in [-0.1, -0.05) is 23.7 Å². The Morgan fingerprint density at radius 2 is 1.70 bits per heavy atom. The maximum absolute atomic E-state index is 13.1. The van der Waals surface area contributed by atoms with Crippen molar-refractivity contribution in [2.45, 2.75) is 19.5 Å². The molecule has 2 aromatic carbocycles. The van der Waals surface area contributed by atoms with Crippen molar-refractivity contribution in [3.05, 3.63) is 58.6 Å². The number of benzene rings is 2. The molecular formula is C19H16ClF3N2O2. The SMILES string of the molecule is Cc1cccc(NC(=O)C2CC2C(=O)Nc2ccc(Cl)cc2C(F)(F)F)c1. The summed E-state index contributed by atoms with van der Waals surface area (Å²) in [5.41, 5.74) is 0.190. The minimum atomic E-state index is -4.65. The van der Waals surface area contributed by atoms with Gasteiger partial charge in [0.05, 0.1) is 23.1 Å². The summed E-state index contributed by atoms with van der Waals surface area (Å²) in [5.74, 6) is -2.17. The molecule has 0 aromatic heterocycles. The summed E-state index contributed by atoms with van der Waals surface area (Å²) in [6.07, 6.45) is -4.36. The smallest absolute Gasteiger partial charge is 0.326 e. The van der Waals surface area contributed by atoms with E-state index in [1.807, 2.05) is 13.0 Å². The molecule has 0 heterocycles. The summed E-state index contributed by atoms with van der Waals surface area (Å²) in [7, 11) is 0. The van der Waals surface area contributed by atoms with Gasteiger partial charge in [-0.3, -0.25) is 9.59 Å². The number of anilines is 2. The first-order chi connectivity index (χ1) is 12.6. The van der Waals surface area contributed by atoms with Gasteiger partial charge in [0.2, 0.25) is 11.8 Å². The minimum Gasteiger partial charge on any atom is -0.326 e. The van der Waals surface area contributed by atoms with Crippen molar-refractivity contribution >= 4 is 34.8 Å². The third kappa shape index (κ3) is 4.60. The lowest BCUT2D eigenvalue weighted by Crippen LogP contribution is -2.22. The van der Waals surface area contributed by atoms with Crippen molar-refractivity contribution in [1.29, 1.82) is 0 Å². The second-order valence-electron chi connectivity index (χ2n) is 6.48. The van der Waals surface area contributed by atoms with Crippen LogP contribution in [-0.2, 0) is 15.8 Å². The van der Waals surface area contributed by atoms with Gasteiger partial charge in [0.15, 0.2) is 0 Å². The van der Waals surface area contributed by atoms with E-state index >= 15 is 0 Å². The number of carbonyl (C=O) groups excluding carboxylic acids is 2. The predicted octanol–water partition coefficient (Wildman–Crippen LogP) is 4.88. The fourth-order valence-electron chi connectivity index (χ4n) is 2.82. The summed E-state index contributed by atoms with van der Waals surface area (Å²) >= 11 is 5.62. The molecule has 27 heavy (non-hydrogen) atoms. The first-order valence-electron chi connectivity index (χ1n) is 8.20. The highest BCUT2D eigenvalue weighted by atomic mass is 35.5. The maximum atomic E-state index is 13.1. The van der Waals surface area contributed by atoms with E-state index in [9.17, 15) is 22.8 Å². The molecule has 1 aliphatic rings. The van der Waals surface area contributed by atoms with Crippen LogP contribution in [-0.4, -0.2) is 11.8 Å². The third-order valence-corrected chi connectivity index (χ3v) is 4.53. The zero-order valence-electron chi connectivity index (χ0n) is 14.2. The highest BCUT2D eigenvalue weighted by molar-refractivity contribution is 6.30. The summed E-state index contributed by atoms with van der Waals surface area (Å²) in [6.45, 7) is 1.88. The molecule has 1 fully saturated rings. The van der Waals surface area contributed by atoms with Crippen LogP contribution in [0.2, 0.25) is 5.02 Å². The van der Waals surface area contributed by atoms with E-state index in [2.05, 4.69) is 10.6 Å². The second-order valence-corrected chi connectivity index (χ2v) is 6.92. The van der Waals surface area contributed by atoms with Crippen LogP contribution < -0.4 is 10.6 Å². The lowest BCUT2D eigenvalue weighted by Gasteiger charge is -2.14. The number of nitrogens with one attached hydrogen (secondary N) is 2. The Morgan fingerprint density at radius 1 is 1.04 bits per heavy atom. The van der Waals surface area contributed by atoms with Crippen molar-refractivity contribution in [3.63, 3.8) is 0 Å². The van der Waals surface area contributed by atoms with Crippen molar-refractivity contribution in [1.82, 2.24) is 0 Å². The number of carbonyl (C=O) groups is 2. The Kier molecular flexibility index (Phi) is 5.15. The van der Waals surface area contributed by atoms with Crippen LogP contribution in [0.4, 0.5) is 24.5 Å². The average molecular weight is 397 g/mol. The molecule has 1 aliphatic carbocycles. The highest BCUT2D eigenvalue weighted by Gasteiger charge is 2.48. The molecule has 2 aromatic rings. The van der Waals surface area contributed by atoms with Gasteiger partial charge in [-0.2, -0.15) is 13.2 Å². The standard InChI is InChI=1S/C19H16ClF3N2O2/c1-10-3-2-4-12(7-10)24-17(26)13-9-14(13)18(27)25-16-6-5-11(20)8-15(16)19(21,22)23/h2-8,13-14H,9H2,1H3,(H,24,26)(H,25,27). The van der Waals surface area contributed by atoms with E-state index in [0.29, 0.717) is 12.1 Å². The molecule has 3 rings (SSSR count). The predicted molar refractivity (Wildman–Crippen MR) is 96.5 cm³/mol. The molecule has 1 saturated carbocycles. The van der Waals surface area contributed by atoms with Crippen LogP contribution in [0, 0.1) is 18.8 Å². The molecule has 0 bridgehead atoms. The summed E-state index contributed by atoms with van der Waals surface area (Å²) in [4.78, 5) is 24.5. The van der Waals surface area contributed by atoms with Gasteiger partial charge in [-0.05, 0) is 49.2 Å². The fourth-order valence-corrected chi connectivity index (χ4v) is 2.99. The molecule has 4 nitrogen and oxygen atoms in total. The highest BCUT2D eigenvalue weighted by Crippen LogP contribution is 2.42.